The summed E-state index contributed by atoms with van der Waals surface area (Å²) < 4.78 is 0. The lowest BCUT2D eigenvalue weighted by molar-refractivity contribution is -0.123. The van der Waals surface area contributed by atoms with Crippen LogP contribution in [0.15, 0.2) is 5.10 Å². The van der Waals surface area contributed by atoms with Gasteiger partial charge in [-0.15, -0.1) is 5.10 Å². The van der Waals surface area contributed by atoms with Gasteiger partial charge in [0.1, 0.15) is 0 Å². The van der Waals surface area contributed by atoms with Gasteiger partial charge in [0.05, 0.1) is 12.0 Å². The third-order valence-corrected chi connectivity index (χ3v) is 3.03. The third-order valence-electron chi connectivity index (χ3n) is 3.03. The van der Waals surface area contributed by atoms with Crippen LogP contribution in [0.2, 0.25) is 0 Å². The SMILES string of the molecule is NN=C(N)N1CCCC2C(=O)NCC21. The maximum Gasteiger partial charge on any atom is 0.225 e. The molecule has 0 bridgehead atoms. The van der Waals surface area contributed by atoms with E-state index in [4.69, 9.17) is 11.6 Å². The van der Waals surface area contributed by atoms with Crippen molar-refractivity contribution in [3.05, 3.63) is 0 Å². The van der Waals surface area contributed by atoms with E-state index in [0.29, 0.717) is 12.5 Å². The van der Waals surface area contributed by atoms with E-state index in [2.05, 4.69) is 10.4 Å². The molecule has 0 aromatic heterocycles. The van der Waals surface area contributed by atoms with Crippen LogP contribution in [0.25, 0.3) is 0 Å². The fourth-order valence-electron chi connectivity index (χ4n) is 2.31. The number of carbonyl (C=O) groups excluding carboxylic acids is 1. The average molecular weight is 197 g/mol. The van der Waals surface area contributed by atoms with Crippen LogP contribution in [0.1, 0.15) is 12.8 Å². The average Bonchev–Trinajstić information content (AvgIpc) is 2.59. The van der Waals surface area contributed by atoms with Crippen molar-refractivity contribution in [3.63, 3.8) is 0 Å². The predicted octanol–water partition coefficient (Wildman–Crippen LogP) is -1.61. The van der Waals surface area contributed by atoms with Crippen LogP contribution in [0.3, 0.4) is 0 Å². The minimum atomic E-state index is 0.0593. The summed E-state index contributed by atoms with van der Waals surface area (Å²) in [5.74, 6) is 5.65. The van der Waals surface area contributed by atoms with Crippen molar-refractivity contribution in [1.82, 2.24) is 10.2 Å². The van der Waals surface area contributed by atoms with E-state index < -0.39 is 0 Å². The number of rotatable bonds is 0. The highest BCUT2D eigenvalue weighted by Gasteiger charge is 2.41. The van der Waals surface area contributed by atoms with Gasteiger partial charge >= 0.3 is 0 Å². The molecule has 5 N–H and O–H groups in total. The smallest absolute Gasteiger partial charge is 0.225 e. The highest BCUT2D eigenvalue weighted by Crippen LogP contribution is 2.26. The molecule has 78 valence electrons. The van der Waals surface area contributed by atoms with Gasteiger partial charge in [0.2, 0.25) is 11.9 Å². The molecule has 0 aliphatic carbocycles. The van der Waals surface area contributed by atoms with Crippen LogP contribution in [-0.2, 0) is 4.79 Å². The first-order valence-electron chi connectivity index (χ1n) is 4.81. The van der Waals surface area contributed by atoms with E-state index in [1.165, 1.54) is 0 Å². The Morgan fingerprint density at radius 2 is 2.43 bits per heavy atom. The van der Waals surface area contributed by atoms with Crippen molar-refractivity contribution in [2.75, 3.05) is 13.1 Å². The first-order chi connectivity index (χ1) is 6.74. The quantitative estimate of drug-likeness (QED) is 0.188. The molecule has 0 radical (unpaired) electrons. The number of guanidine groups is 1. The van der Waals surface area contributed by atoms with Gasteiger partial charge < -0.3 is 21.8 Å². The molecule has 6 heteroatoms. The lowest BCUT2D eigenvalue weighted by Crippen LogP contribution is -2.52. The van der Waals surface area contributed by atoms with Gasteiger partial charge in [-0.2, -0.15) is 0 Å². The number of likely N-dealkylation sites (tertiary alicyclic amines) is 1. The van der Waals surface area contributed by atoms with Gasteiger partial charge in [-0.3, -0.25) is 4.79 Å². The summed E-state index contributed by atoms with van der Waals surface area (Å²) in [4.78, 5) is 13.3. The molecule has 0 aromatic carbocycles. The van der Waals surface area contributed by atoms with Crippen LogP contribution in [0.4, 0.5) is 0 Å². The van der Waals surface area contributed by atoms with Crippen molar-refractivity contribution in [1.29, 1.82) is 0 Å². The zero-order chi connectivity index (χ0) is 10.1. The first kappa shape index (κ1) is 9.11. The second kappa shape index (κ2) is 3.36. The van der Waals surface area contributed by atoms with Gasteiger partial charge in [0, 0.05) is 13.1 Å². The Morgan fingerprint density at radius 3 is 3.14 bits per heavy atom. The molecule has 2 saturated heterocycles. The number of hydrogen-bond acceptors (Lipinski definition) is 3. The minimum absolute atomic E-state index is 0.0593. The van der Waals surface area contributed by atoms with Crippen molar-refractivity contribution in [2.45, 2.75) is 18.9 Å². The fraction of sp³-hybridized carbons (Fsp3) is 0.750. The molecule has 6 nitrogen and oxygen atoms in total. The molecule has 2 aliphatic rings. The van der Waals surface area contributed by atoms with Crippen LogP contribution in [-0.4, -0.2) is 35.9 Å². The zero-order valence-corrected chi connectivity index (χ0v) is 7.94. The largest absolute Gasteiger partial charge is 0.368 e. The molecule has 0 spiro atoms. The Bertz CT molecular complexity index is 277. The summed E-state index contributed by atoms with van der Waals surface area (Å²) in [6.07, 6.45) is 1.90. The van der Waals surface area contributed by atoms with Crippen molar-refractivity contribution in [3.8, 4) is 0 Å². The van der Waals surface area contributed by atoms with E-state index in [-0.39, 0.29) is 17.9 Å². The maximum absolute atomic E-state index is 11.4. The molecule has 2 unspecified atom stereocenters. The molecule has 2 heterocycles. The molecule has 2 rings (SSSR count). The van der Waals surface area contributed by atoms with Gasteiger partial charge in [-0.05, 0) is 12.8 Å². The molecule has 2 atom stereocenters. The minimum Gasteiger partial charge on any atom is -0.368 e. The number of fused-ring (bicyclic) bond motifs is 1. The van der Waals surface area contributed by atoms with Crippen LogP contribution < -0.4 is 16.9 Å². The summed E-state index contributed by atoms with van der Waals surface area (Å²) in [7, 11) is 0. The monoisotopic (exact) mass is 197 g/mol. The molecule has 2 fully saturated rings. The normalized spacial score (nSPS) is 32.7. The Labute approximate surface area is 82.3 Å². The predicted molar refractivity (Wildman–Crippen MR) is 52.0 cm³/mol. The fourth-order valence-corrected chi connectivity index (χ4v) is 2.31. The number of carbonyl (C=O) groups is 1. The number of hydrogen-bond donors (Lipinski definition) is 3. The Hall–Kier alpha value is -1.46. The summed E-state index contributed by atoms with van der Waals surface area (Å²) >= 11 is 0. The molecule has 1 amide bonds. The van der Waals surface area contributed by atoms with Gasteiger partial charge in [0.15, 0.2) is 0 Å². The second-order valence-electron chi connectivity index (χ2n) is 3.74. The van der Waals surface area contributed by atoms with Crippen molar-refractivity contribution >= 4 is 11.9 Å². The second-order valence-corrected chi connectivity index (χ2v) is 3.74. The number of nitrogens with zero attached hydrogens (tertiary/aromatic N) is 2. The molecule has 2 aliphatic heterocycles. The number of amides is 1. The molecule has 0 aromatic rings. The van der Waals surface area contributed by atoms with E-state index in [0.717, 1.165) is 19.4 Å². The lowest BCUT2D eigenvalue weighted by atomic mass is 9.92. The van der Waals surface area contributed by atoms with E-state index in [1.807, 2.05) is 4.90 Å². The van der Waals surface area contributed by atoms with Gasteiger partial charge in [-0.25, -0.2) is 0 Å². The highest BCUT2D eigenvalue weighted by atomic mass is 16.2. The lowest BCUT2D eigenvalue weighted by Gasteiger charge is -2.36. The van der Waals surface area contributed by atoms with Crippen LogP contribution in [0.5, 0.6) is 0 Å². The molecular formula is C8H15N5O. The number of piperidine rings is 1. The topological polar surface area (TPSA) is 96.7 Å². The Morgan fingerprint density at radius 1 is 1.64 bits per heavy atom. The van der Waals surface area contributed by atoms with Crippen molar-refractivity contribution < 1.29 is 4.79 Å². The maximum atomic E-state index is 11.4. The summed E-state index contributed by atoms with van der Waals surface area (Å²) in [5.41, 5.74) is 5.66. The summed E-state index contributed by atoms with van der Waals surface area (Å²) in [6.45, 7) is 1.49. The highest BCUT2D eigenvalue weighted by molar-refractivity contribution is 5.85. The van der Waals surface area contributed by atoms with E-state index >= 15 is 0 Å². The van der Waals surface area contributed by atoms with E-state index in [1.54, 1.807) is 0 Å². The summed E-state index contributed by atoms with van der Waals surface area (Å²) in [6, 6.07) is 0.142. The molecular weight excluding hydrogens is 182 g/mol. The van der Waals surface area contributed by atoms with Crippen LogP contribution >= 0.6 is 0 Å². The van der Waals surface area contributed by atoms with Gasteiger partial charge in [0.25, 0.3) is 0 Å². The third kappa shape index (κ3) is 1.26. The summed E-state index contributed by atoms with van der Waals surface area (Å²) in [5, 5.41) is 6.32. The Kier molecular flexibility index (Phi) is 2.18. The standard InChI is InChI=1S/C8H15N5O/c9-8(12-10)13-3-1-2-5-6(13)4-11-7(5)14/h5-6H,1-4,10H2,(H2,9,12)(H,11,14). The number of nitrogens with two attached hydrogens (primary N) is 2. The van der Waals surface area contributed by atoms with Crippen molar-refractivity contribution in [2.24, 2.45) is 22.6 Å². The first-order valence-corrected chi connectivity index (χ1v) is 4.81. The Balaban J connectivity index is 2.16. The number of hydrazone groups is 1. The molecule has 0 saturated carbocycles. The van der Waals surface area contributed by atoms with Gasteiger partial charge in [-0.1, -0.05) is 0 Å². The van der Waals surface area contributed by atoms with Crippen LogP contribution in [0, 0.1) is 5.92 Å². The number of nitrogens with one attached hydrogen (secondary N) is 1. The molecule has 14 heavy (non-hydrogen) atoms. The van der Waals surface area contributed by atoms with E-state index in [9.17, 15) is 4.79 Å². The zero-order valence-electron chi connectivity index (χ0n) is 7.94.